The van der Waals surface area contributed by atoms with Crippen molar-refractivity contribution in [3.8, 4) is 16.8 Å². The van der Waals surface area contributed by atoms with Crippen molar-refractivity contribution in [2.45, 2.75) is 0 Å². The van der Waals surface area contributed by atoms with E-state index in [0.29, 0.717) is 0 Å². The van der Waals surface area contributed by atoms with E-state index < -0.39 is 0 Å². The van der Waals surface area contributed by atoms with E-state index in [1.165, 1.54) is 80.3 Å². The van der Waals surface area contributed by atoms with Gasteiger partial charge in [-0.3, -0.25) is 0 Å². The van der Waals surface area contributed by atoms with Crippen LogP contribution in [0.5, 0.6) is 0 Å². The van der Waals surface area contributed by atoms with Crippen molar-refractivity contribution in [1.29, 1.82) is 0 Å². The Hall–Kier alpha value is -4.92. The third-order valence-electron chi connectivity index (χ3n) is 8.37. The van der Waals surface area contributed by atoms with Crippen LogP contribution in [0.25, 0.3) is 80.3 Å². The van der Waals surface area contributed by atoms with Gasteiger partial charge in [0, 0.05) is 42.2 Å². The quantitative estimate of drug-likeness (QED) is 0.211. The fourth-order valence-corrected chi connectivity index (χ4v) is 7.91. The van der Waals surface area contributed by atoms with Crippen molar-refractivity contribution in [1.82, 2.24) is 4.57 Å². The fraction of sp³-hybridized carbons (Fsp3) is 0. The number of rotatable bonds is 2. The largest absolute Gasteiger partial charge is 0.309 e. The third-order valence-corrected chi connectivity index (χ3v) is 9.59. The molecule has 0 unspecified atom stereocenters. The summed E-state index contributed by atoms with van der Waals surface area (Å²) in [6, 6.07) is 51.1. The Labute approximate surface area is 235 Å². The lowest BCUT2D eigenvalue weighted by atomic mass is 9.93. The molecule has 1 nitrogen and oxygen atoms in total. The zero-order valence-electron chi connectivity index (χ0n) is 21.6. The van der Waals surface area contributed by atoms with Crippen molar-refractivity contribution >= 4 is 74.9 Å². The Morgan fingerprint density at radius 2 is 1.10 bits per heavy atom. The number of nitrogens with zero attached hydrogens (tertiary/aromatic N) is 1. The number of aromatic nitrogens is 1. The molecule has 0 atom stereocenters. The Balaban J connectivity index is 1.52. The standard InChI is InChI=1S/C38H23NS/c1-2-12-25(13-3-1)39-33-22-21-24-11-4-5-14-26(24)36(33)37-29-17-7-6-15-27(29)32(23-34(37)39)31-19-10-18-30-28-16-8-9-20-35(28)40-38(30)31/h1-23H. The summed E-state index contributed by atoms with van der Waals surface area (Å²) >= 11 is 1.90. The van der Waals surface area contributed by atoms with Crippen LogP contribution in [0.4, 0.5) is 0 Å². The minimum Gasteiger partial charge on any atom is -0.309 e. The zero-order valence-corrected chi connectivity index (χ0v) is 22.5. The lowest BCUT2D eigenvalue weighted by Crippen LogP contribution is -1.94. The highest BCUT2D eigenvalue weighted by Gasteiger charge is 2.20. The Morgan fingerprint density at radius 1 is 0.425 bits per heavy atom. The average Bonchev–Trinajstić information content (AvgIpc) is 3.57. The molecule has 0 bridgehead atoms. The molecule has 0 fully saturated rings. The number of fused-ring (bicyclic) bond motifs is 10. The van der Waals surface area contributed by atoms with Crippen molar-refractivity contribution in [2.75, 3.05) is 0 Å². The van der Waals surface area contributed by atoms with Gasteiger partial charge >= 0.3 is 0 Å². The molecule has 9 aromatic rings. The first-order valence-electron chi connectivity index (χ1n) is 13.7. The first kappa shape index (κ1) is 22.0. The van der Waals surface area contributed by atoms with Gasteiger partial charge in [0.2, 0.25) is 0 Å². The smallest absolute Gasteiger partial charge is 0.0553 e. The molecule has 0 radical (unpaired) electrons. The van der Waals surface area contributed by atoms with E-state index in [2.05, 4.69) is 144 Å². The number of para-hydroxylation sites is 1. The molecular weight excluding hydrogens is 502 g/mol. The fourth-order valence-electron chi connectivity index (χ4n) is 6.68. The molecule has 0 amide bonds. The van der Waals surface area contributed by atoms with Crippen molar-refractivity contribution in [2.24, 2.45) is 0 Å². The maximum absolute atomic E-state index is 2.46. The van der Waals surface area contributed by atoms with Crippen LogP contribution in [-0.4, -0.2) is 4.57 Å². The van der Waals surface area contributed by atoms with E-state index in [1.807, 2.05) is 11.3 Å². The van der Waals surface area contributed by atoms with Crippen LogP contribution in [0.15, 0.2) is 140 Å². The summed E-state index contributed by atoms with van der Waals surface area (Å²) in [5.74, 6) is 0. The Kier molecular flexibility index (Phi) is 4.55. The van der Waals surface area contributed by atoms with Gasteiger partial charge in [-0.25, -0.2) is 0 Å². The zero-order chi connectivity index (χ0) is 26.2. The maximum Gasteiger partial charge on any atom is 0.0553 e. The highest BCUT2D eigenvalue weighted by molar-refractivity contribution is 7.26. The van der Waals surface area contributed by atoms with Gasteiger partial charge in [0.25, 0.3) is 0 Å². The molecule has 2 heterocycles. The van der Waals surface area contributed by atoms with Gasteiger partial charge in [-0.05, 0) is 57.4 Å². The second-order valence-corrected chi connectivity index (χ2v) is 11.5. The molecule has 0 N–H and O–H groups in total. The van der Waals surface area contributed by atoms with Crippen molar-refractivity contribution in [3.05, 3.63) is 140 Å². The van der Waals surface area contributed by atoms with Gasteiger partial charge in [0.05, 0.1) is 11.0 Å². The van der Waals surface area contributed by atoms with Gasteiger partial charge in [-0.1, -0.05) is 109 Å². The molecule has 40 heavy (non-hydrogen) atoms. The predicted molar refractivity (Wildman–Crippen MR) is 174 cm³/mol. The van der Waals surface area contributed by atoms with Crippen molar-refractivity contribution in [3.63, 3.8) is 0 Å². The molecule has 0 aliphatic carbocycles. The van der Waals surface area contributed by atoms with Crippen LogP contribution in [0.1, 0.15) is 0 Å². The molecule has 0 spiro atoms. The van der Waals surface area contributed by atoms with Gasteiger partial charge in [-0.15, -0.1) is 11.3 Å². The van der Waals surface area contributed by atoms with E-state index in [-0.39, 0.29) is 0 Å². The Bertz CT molecular complexity index is 2420. The molecule has 7 aromatic carbocycles. The summed E-state index contributed by atoms with van der Waals surface area (Å²) in [6.45, 7) is 0. The third kappa shape index (κ3) is 2.97. The molecular formula is C38H23NS. The van der Waals surface area contributed by atoms with Crippen LogP contribution in [0, 0.1) is 0 Å². The number of thiophene rings is 1. The second kappa shape index (κ2) is 8.29. The lowest BCUT2D eigenvalue weighted by molar-refractivity contribution is 1.18. The number of hydrogen-bond acceptors (Lipinski definition) is 1. The number of benzene rings is 7. The molecule has 0 saturated heterocycles. The van der Waals surface area contributed by atoms with E-state index >= 15 is 0 Å². The molecule has 9 rings (SSSR count). The summed E-state index contributed by atoms with van der Waals surface area (Å²) in [4.78, 5) is 0. The molecule has 186 valence electrons. The molecule has 2 aromatic heterocycles. The summed E-state index contributed by atoms with van der Waals surface area (Å²) in [6.07, 6.45) is 0. The average molecular weight is 526 g/mol. The Morgan fingerprint density at radius 3 is 1.98 bits per heavy atom. The van der Waals surface area contributed by atoms with Gasteiger partial charge in [0.15, 0.2) is 0 Å². The monoisotopic (exact) mass is 525 g/mol. The lowest BCUT2D eigenvalue weighted by Gasteiger charge is -2.13. The highest BCUT2D eigenvalue weighted by Crippen LogP contribution is 2.46. The van der Waals surface area contributed by atoms with Crippen molar-refractivity contribution < 1.29 is 0 Å². The summed E-state index contributed by atoms with van der Waals surface area (Å²) in [7, 11) is 0. The first-order chi connectivity index (χ1) is 19.9. The summed E-state index contributed by atoms with van der Waals surface area (Å²) in [5, 5.41) is 10.5. The van der Waals surface area contributed by atoms with Gasteiger partial charge < -0.3 is 4.57 Å². The van der Waals surface area contributed by atoms with Crippen LogP contribution in [-0.2, 0) is 0 Å². The van der Waals surface area contributed by atoms with Crippen LogP contribution < -0.4 is 0 Å². The van der Waals surface area contributed by atoms with Crippen LogP contribution >= 0.6 is 11.3 Å². The van der Waals surface area contributed by atoms with E-state index in [4.69, 9.17) is 0 Å². The van der Waals surface area contributed by atoms with Gasteiger partial charge in [0.1, 0.15) is 0 Å². The molecule has 0 aliphatic rings. The summed E-state index contributed by atoms with van der Waals surface area (Å²) in [5.41, 5.74) is 6.24. The van der Waals surface area contributed by atoms with Crippen LogP contribution in [0.2, 0.25) is 0 Å². The maximum atomic E-state index is 2.46. The number of hydrogen-bond donors (Lipinski definition) is 0. The first-order valence-corrected chi connectivity index (χ1v) is 14.5. The normalized spacial score (nSPS) is 12.0. The molecule has 2 heteroatoms. The van der Waals surface area contributed by atoms with E-state index in [0.717, 1.165) is 0 Å². The minimum atomic E-state index is 1.18. The van der Waals surface area contributed by atoms with Gasteiger partial charge in [-0.2, -0.15) is 0 Å². The SMILES string of the molecule is c1ccc(-n2c3ccc4ccccc4c3c3c4ccccc4c(-c4cccc5c4sc4ccccc45)cc32)cc1. The predicted octanol–water partition coefficient (Wildman–Crippen LogP) is 11.1. The van der Waals surface area contributed by atoms with Crippen LogP contribution in [0.3, 0.4) is 0 Å². The second-order valence-electron chi connectivity index (χ2n) is 10.5. The summed E-state index contributed by atoms with van der Waals surface area (Å²) < 4.78 is 5.14. The topological polar surface area (TPSA) is 4.93 Å². The minimum absolute atomic E-state index is 1.18. The van der Waals surface area contributed by atoms with E-state index in [1.54, 1.807) is 0 Å². The molecule has 0 aliphatic heterocycles. The van der Waals surface area contributed by atoms with E-state index in [9.17, 15) is 0 Å². The molecule has 0 saturated carbocycles. The highest BCUT2D eigenvalue weighted by atomic mass is 32.1.